The molecule has 0 aliphatic heterocycles. The van der Waals surface area contributed by atoms with Crippen LogP contribution >= 0.6 is 0 Å². The van der Waals surface area contributed by atoms with Crippen LogP contribution in [0.15, 0.2) is 30.5 Å². The lowest BCUT2D eigenvalue weighted by Crippen LogP contribution is -2.32. The third-order valence-corrected chi connectivity index (χ3v) is 3.37. The van der Waals surface area contributed by atoms with Gasteiger partial charge in [-0.1, -0.05) is 6.07 Å². The van der Waals surface area contributed by atoms with Crippen LogP contribution < -0.4 is 16.0 Å². The minimum atomic E-state index is -1.10. The van der Waals surface area contributed by atoms with Gasteiger partial charge in [0.05, 0.1) is 12.1 Å². The predicted octanol–water partition coefficient (Wildman–Crippen LogP) is 0.610. The Hall–Kier alpha value is -3.07. The van der Waals surface area contributed by atoms with Crippen molar-refractivity contribution in [2.75, 3.05) is 32.1 Å². The normalized spacial score (nSPS) is 10.4. The summed E-state index contributed by atoms with van der Waals surface area (Å²) in [5, 5.41) is 17.1. The van der Waals surface area contributed by atoms with E-state index in [1.54, 1.807) is 30.0 Å². The SMILES string of the molecule is COCCNC(=O)Nc1ccc2ccn(CC(=O)NCC(=O)O)c2c1. The Morgan fingerprint density at radius 2 is 2.00 bits per heavy atom. The van der Waals surface area contributed by atoms with E-state index in [2.05, 4.69) is 16.0 Å². The van der Waals surface area contributed by atoms with Gasteiger partial charge in [0.25, 0.3) is 0 Å². The summed E-state index contributed by atoms with van der Waals surface area (Å²) in [5.74, 6) is -1.51. The summed E-state index contributed by atoms with van der Waals surface area (Å²) in [4.78, 5) is 34.0. The Morgan fingerprint density at radius 1 is 1.20 bits per heavy atom. The number of nitrogens with zero attached hydrogens (tertiary/aromatic N) is 1. The Bertz CT molecular complexity index is 771. The molecule has 0 fully saturated rings. The molecule has 0 radical (unpaired) electrons. The lowest BCUT2D eigenvalue weighted by molar-refractivity contribution is -0.138. The first-order valence-corrected chi connectivity index (χ1v) is 7.61. The van der Waals surface area contributed by atoms with Crippen molar-refractivity contribution in [1.29, 1.82) is 0 Å². The third kappa shape index (κ3) is 5.50. The number of anilines is 1. The van der Waals surface area contributed by atoms with Crippen molar-refractivity contribution >= 4 is 34.5 Å². The number of hydrogen-bond acceptors (Lipinski definition) is 4. The molecule has 1 heterocycles. The maximum absolute atomic E-state index is 11.8. The molecule has 0 atom stereocenters. The van der Waals surface area contributed by atoms with Crippen LogP contribution in [0.1, 0.15) is 0 Å². The summed E-state index contributed by atoms with van der Waals surface area (Å²) in [6, 6.07) is 6.81. The number of carboxylic acid groups (broad SMARTS) is 1. The van der Waals surface area contributed by atoms with E-state index in [9.17, 15) is 14.4 Å². The number of benzene rings is 1. The molecule has 0 aliphatic carbocycles. The minimum Gasteiger partial charge on any atom is -0.480 e. The molecular formula is C16H20N4O5. The van der Waals surface area contributed by atoms with Gasteiger partial charge in [-0.15, -0.1) is 0 Å². The maximum Gasteiger partial charge on any atom is 0.322 e. The van der Waals surface area contributed by atoms with Gasteiger partial charge in [-0.05, 0) is 23.6 Å². The van der Waals surface area contributed by atoms with Crippen molar-refractivity contribution in [1.82, 2.24) is 15.2 Å². The fourth-order valence-electron chi connectivity index (χ4n) is 2.23. The highest BCUT2D eigenvalue weighted by atomic mass is 16.5. The van der Waals surface area contributed by atoms with Crippen molar-refractivity contribution in [3.05, 3.63) is 30.5 Å². The highest BCUT2D eigenvalue weighted by Gasteiger charge is 2.09. The zero-order valence-electron chi connectivity index (χ0n) is 13.7. The number of urea groups is 1. The first kappa shape index (κ1) is 18.3. The largest absolute Gasteiger partial charge is 0.480 e. The molecule has 0 spiro atoms. The Morgan fingerprint density at radius 3 is 2.72 bits per heavy atom. The molecule has 3 amide bonds. The topological polar surface area (TPSA) is 122 Å². The van der Waals surface area contributed by atoms with Gasteiger partial charge in [-0.25, -0.2) is 4.79 Å². The van der Waals surface area contributed by atoms with E-state index < -0.39 is 18.4 Å². The van der Waals surface area contributed by atoms with Gasteiger partial charge in [-0.3, -0.25) is 9.59 Å². The van der Waals surface area contributed by atoms with Gasteiger partial charge >= 0.3 is 12.0 Å². The molecule has 0 aliphatic rings. The lowest BCUT2D eigenvalue weighted by atomic mass is 10.2. The molecule has 0 saturated heterocycles. The standard InChI is InChI=1S/C16H20N4O5/c1-25-7-5-17-16(24)19-12-3-2-11-4-6-20(13(11)8-12)10-14(21)18-9-15(22)23/h2-4,6,8H,5,7,9-10H2,1H3,(H,18,21)(H,22,23)(H2,17,19,24). The van der Waals surface area contributed by atoms with E-state index in [0.717, 1.165) is 10.9 Å². The zero-order chi connectivity index (χ0) is 18.2. The second-order valence-corrected chi connectivity index (χ2v) is 5.26. The molecule has 1 aromatic heterocycles. The summed E-state index contributed by atoms with van der Waals surface area (Å²) in [6.45, 7) is 0.373. The Kier molecular flexibility index (Phi) is 6.35. The van der Waals surface area contributed by atoms with Gasteiger partial charge in [0, 0.05) is 25.5 Å². The molecule has 2 rings (SSSR count). The Balaban J connectivity index is 2.04. The van der Waals surface area contributed by atoms with Gasteiger partial charge in [0.2, 0.25) is 5.91 Å². The highest BCUT2D eigenvalue weighted by molar-refractivity contribution is 5.93. The molecule has 0 unspecified atom stereocenters. The number of nitrogens with one attached hydrogen (secondary N) is 3. The second-order valence-electron chi connectivity index (χ2n) is 5.26. The number of carbonyl (C=O) groups is 3. The number of ether oxygens (including phenoxy) is 1. The van der Waals surface area contributed by atoms with E-state index in [1.807, 2.05) is 12.1 Å². The number of aromatic nitrogens is 1. The van der Waals surface area contributed by atoms with Crippen LogP contribution in [-0.4, -0.2) is 54.4 Å². The molecule has 1 aromatic carbocycles. The number of carboxylic acids is 1. The monoisotopic (exact) mass is 348 g/mol. The van der Waals surface area contributed by atoms with Crippen molar-refractivity contribution in [3.8, 4) is 0 Å². The van der Waals surface area contributed by atoms with E-state index in [1.165, 1.54) is 0 Å². The first-order valence-electron chi connectivity index (χ1n) is 7.61. The quantitative estimate of drug-likeness (QED) is 0.521. The third-order valence-electron chi connectivity index (χ3n) is 3.37. The number of amides is 3. The second kappa shape index (κ2) is 8.69. The molecule has 25 heavy (non-hydrogen) atoms. The molecule has 2 aromatic rings. The van der Waals surface area contributed by atoms with Crippen molar-refractivity contribution in [2.45, 2.75) is 6.54 Å². The molecule has 9 heteroatoms. The zero-order valence-corrected chi connectivity index (χ0v) is 13.7. The summed E-state index contributed by atoms with van der Waals surface area (Å²) in [6.07, 6.45) is 1.73. The van der Waals surface area contributed by atoms with Crippen LogP contribution in [0, 0.1) is 0 Å². The Labute approximate surface area is 143 Å². The van der Waals surface area contributed by atoms with E-state index in [0.29, 0.717) is 18.8 Å². The maximum atomic E-state index is 11.8. The average molecular weight is 348 g/mol. The number of aliphatic carboxylic acids is 1. The number of carbonyl (C=O) groups excluding carboxylic acids is 2. The van der Waals surface area contributed by atoms with E-state index >= 15 is 0 Å². The van der Waals surface area contributed by atoms with Gasteiger partial charge in [0.15, 0.2) is 0 Å². The summed E-state index contributed by atoms with van der Waals surface area (Å²) < 4.78 is 6.54. The molecule has 0 bridgehead atoms. The first-order chi connectivity index (χ1) is 12.0. The molecule has 0 saturated carbocycles. The fourth-order valence-corrected chi connectivity index (χ4v) is 2.23. The van der Waals surface area contributed by atoms with Gasteiger partial charge in [0.1, 0.15) is 13.1 Å². The van der Waals surface area contributed by atoms with Gasteiger partial charge < -0.3 is 30.4 Å². The summed E-state index contributed by atoms with van der Waals surface area (Å²) in [7, 11) is 1.55. The molecule has 134 valence electrons. The smallest absolute Gasteiger partial charge is 0.322 e. The molecule has 4 N–H and O–H groups in total. The van der Waals surface area contributed by atoms with Crippen LogP contribution in [0.4, 0.5) is 10.5 Å². The van der Waals surface area contributed by atoms with E-state index in [4.69, 9.17) is 9.84 Å². The summed E-state index contributed by atoms with van der Waals surface area (Å²) in [5.41, 5.74) is 1.33. The highest BCUT2D eigenvalue weighted by Crippen LogP contribution is 2.20. The van der Waals surface area contributed by atoms with Crippen molar-refractivity contribution in [2.24, 2.45) is 0 Å². The van der Waals surface area contributed by atoms with Crippen LogP contribution in [0.5, 0.6) is 0 Å². The minimum absolute atomic E-state index is 0.0136. The van der Waals surface area contributed by atoms with Crippen LogP contribution in [0.2, 0.25) is 0 Å². The van der Waals surface area contributed by atoms with Crippen LogP contribution in [0.25, 0.3) is 10.9 Å². The van der Waals surface area contributed by atoms with Crippen LogP contribution in [-0.2, 0) is 20.9 Å². The number of rotatable bonds is 8. The van der Waals surface area contributed by atoms with Crippen LogP contribution in [0.3, 0.4) is 0 Å². The van der Waals surface area contributed by atoms with Crippen molar-refractivity contribution < 1.29 is 24.2 Å². The predicted molar refractivity (Wildman–Crippen MR) is 91.5 cm³/mol. The van der Waals surface area contributed by atoms with Crippen molar-refractivity contribution in [3.63, 3.8) is 0 Å². The number of methoxy groups -OCH3 is 1. The lowest BCUT2D eigenvalue weighted by Gasteiger charge is -2.09. The number of hydrogen-bond donors (Lipinski definition) is 4. The fraction of sp³-hybridized carbons (Fsp3) is 0.312. The van der Waals surface area contributed by atoms with E-state index in [-0.39, 0.29) is 12.6 Å². The average Bonchev–Trinajstić information content (AvgIpc) is 2.95. The molecular weight excluding hydrogens is 328 g/mol. The molecule has 9 nitrogen and oxygen atoms in total. The summed E-state index contributed by atoms with van der Waals surface area (Å²) >= 11 is 0. The van der Waals surface area contributed by atoms with Gasteiger partial charge in [-0.2, -0.15) is 0 Å². The number of fused-ring (bicyclic) bond motifs is 1.